The van der Waals surface area contributed by atoms with Gasteiger partial charge in [0.2, 0.25) is 0 Å². The van der Waals surface area contributed by atoms with Crippen LogP contribution in [0.1, 0.15) is 81.1 Å². The Morgan fingerprint density at radius 3 is 0.788 bits per heavy atom. The molecule has 0 N–H and O–H groups in total. The van der Waals surface area contributed by atoms with E-state index >= 15 is 0 Å². The van der Waals surface area contributed by atoms with Gasteiger partial charge >= 0.3 is 23.9 Å². The highest BCUT2D eigenvalue weighted by molar-refractivity contribution is 5.71. The van der Waals surface area contributed by atoms with Crippen LogP contribution in [0.15, 0.2) is 0 Å². The minimum atomic E-state index is -1.20. The van der Waals surface area contributed by atoms with E-state index in [-0.39, 0.29) is 75.8 Å². The molecule has 8 nitrogen and oxygen atoms in total. The van der Waals surface area contributed by atoms with Gasteiger partial charge in [-0.05, 0) is 23.7 Å². The molecule has 0 aliphatic carbocycles. The quantitative estimate of drug-likeness (QED) is 0.241. The topological polar surface area (TPSA) is 105 Å². The molecule has 8 heteroatoms. The van der Waals surface area contributed by atoms with Gasteiger partial charge in [0.05, 0.1) is 0 Å². The SMILES string of the molecule is CC(C)CC(=O)OCC(COC(=O)CC(C)C)(COC(=O)CC(C)C)COC(=O)CC(C)C. The van der Waals surface area contributed by atoms with E-state index in [4.69, 9.17) is 18.9 Å². The Hall–Kier alpha value is -2.12. The lowest BCUT2D eigenvalue weighted by Gasteiger charge is -2.32. The van der Waals surface area contributed by atoms with Crippen molar-refractivity contribution in [3.63, 3.8) is 0 Å². The molecule has 192 valence electrons. The van der Waals surface area contributed by atoms with Crippen molar-refractivity contribution in [1.82, 2.24) is 0 Å². The molecule has 0 spiro atoms. The van der Waals surface area contributed by atoms with Crippen LogP contribution in [0.4, 0.5) is 0 Å². The Morgan fingerprint density at radius 1 is 0.455 bits per heavy atom. The molecule has 0 saturated heterocycles. The van der Waals surface area contributed by atoms with Crippen LogP contribution in [0.5, 0.6) is 0 Å². The van der Waals surface area contributed by atoms with Gasteiger partial charge in [0.1, 0.15) is 31.8 Å². The molecule has 0 aromatic heterocycles. The van der Waals surface area contributed by atoms with Crippen LogP contribution in [0.25, 0.3) is 0 Å². The van der Waals surface area contributed by atoms with Crippen LogP contribution in [-0.2, 0) is 38.1 Å². The molecule has 0 atom stereocenters. The van der Waals surface area contributed by atoms with Gasteiger partial charge in [-0.3, -0.25) is 19.2 Å². The summed E-state index contributed by atoms with van der Waals surface area (Å²) in [4.78, 5) is 48.8. The first kappa shape index (κ1) is 30.9. The van der Waals surface area contributed by atoms with Gasteiger partial charge in [-0.1, -0.05) is 55.4 Å². The predicted octanol–water partition coefficient (Wildman–Crippen LogP) is 4.33. The summed E-state index contributed by atoms with van der Waals surface area (Å²) in [6.45, 7) is 14.3. The second-order valence-corrected chi connectivity index (χ2v) is 10.5. The lowest BCUT2D eigenvalue weighted by Crippen LogP contribution is -2.44. The number of carbonyl (C=O) groups is 4. The molecular formula is C25H44O8. The zero-order chi connectivity index (χ0) is 25.6. The van der Waals surface area contributed by atoms with Gasteiger partial charge in [0.25, 0.3) is 0 Å². The predicted molar refractivity (Wildman–Crippen MR) is 124 cm³/mol. The van der Waals surface area contributed by atoms with Gasteiger partial charge in [0, 0.05) is 25.7 Å². The number of esters is 4. The fourth-order valence-corrected chi connectivity index (χ4v) is 2.75. The third kappa shape index (κ3) is 16.2. The number of hydrogen-bond acceptors (Lipinski definition) is 8. The lowest BCUT2D eigenvalue weighted by molar-refractivity contribution is -0.171. The highest BCUT2D eigenvalue weighted by atomic mass is 16.6. The van der Waals surface area contributed by atoms with Crippen molar-refractivity contribution in [3.05, 3.63) is 0 Å². The number of ether oxygens (including phenoxy) is 4. The van der Waals surface area contributed by atoms with E-state index < -0.39 is 29.3 Å². The standard InChI is InChI=1S/C25H44O8/c1-17(2)9-21(26)30-13-25(14-31-22(27)10-18(3)4,15-32-23(28)11-19(5)6)16-33-24(29)12-20(7)8/h17-20H,9-16H2,1-8H3. The monoisotopic (exact) mass is 472 g/mol. The average Bonchev–Trinajstić information content (AvgIpc) is 2.64. The second kappa shape index (κ2) is 15.7. The molecule has 0 bridgehead atoms. The highest BCUT2D eigenvalue weighted by Gasteiger charge is 2.38. The van der Waals surface area contributed by atoms with Gasteiger partial charge in [-0.15, -0.1) is 0 Å². The van der Waals surface area contributed by atoms with Gasteiger partial charge < -0.3 is 18.9 Å². The summed E-state index contributed by atoms with van der Waals surface area (Å²) >= 11 is 0. The van der Waals surface area contributed by atoms with E-state index in [9.17, 15) is 19.2 Å². The zero-order valence-electron chi connectivity index (χ0n) is 21.7. The van der Waals surface area contributed by atoms with Crippen molar-refractivity contribution in [3.8, 4) is 0 Å². The Labute approximate surface area is 199 Å². The summed E-state index contributed by atoms with van der Waals surface area (Å²) in [5, 5.41) is 0. The Bertz CT molecular complexity index is 512. The Morgan fingerprint density at radius 2 is 0.636 bits per heavy atom. The summed E-state index contributed by atoms with van der Waals surface area (Å²) in [6, 6.07) is 0. The minimum absolute atomic E-state index is 0.100. The van der Waals surface area contributed by atoms with E-state index in [1.807, 2.05) is 55.4 Å². The van der Waals surface area contributed by atoms with Crippen molar-refractivity contribution in [1.29, 1.82) is 0 Å². The fraction of sp³-hybridized carbons (Fsp3) is 0.840. The molecule has 0 aliphatic heterocycles. The van der Waals surface area contributed by atoms with Gasteiger partial charge in [-0.2, -0.15) is 0 Å². The van der Waals surface area contributed by atoms with E-state index in [1.165, 1.54) is 0 Å². The maximum absolute atomic E-state index is 12.2. The van der Waals surface area contributed by atoms with E-state index in [1.54, 1.807) is 0 Å². The van der Waals surface area contributed by atoms with Gasteiger partial charge in [-0.25, -0.2) is 0 Å². The Balaban J connectivity index is 5.59. The lowest BCUT2D eigenvalue weighted by atomic mass is 9.91. The molecule has 0 rings (SSSR count). The number of carbonyl (C=O) groups excluding carboxylic acids is 4. The highest BCUT2D eigenvalue weighted by Crippen LogP contribution is 2.23. The molecule has 0 fully saturated rings. The first-order valence-corrected chi connectivity index (χ1v) is 11.9. The summed E-state index contributed by atoms with van der Waals surface area (Å²) in [6.07, 6.45) is 0.847. The minimum Gasteiger partial charge on any atom is -0.465 e. The zero-order valence-corrected chi connectivity index (χ0v) is 21.7. The molecule has 0 amide bonds. The average molecular weight is 473 g/mol. The van der Waals surface area contributed by atoms with Crippen LogP contribution in [0, 0.1) is 29.1 Å². The molecule has 0 heterocycles. The Kier molecular flexibility index (Phi) is 14.7. The molecular weight excluding hydrogens is 428 g/mol. The third-order valence-electron chi connectivity index (χ3n) is 4.46. The van der Waals surface area contributed by atoms with Crippen molar-refractivity contribution in [2.75, 3.05) is 26.4 Å². The van der Waals surface area contributed by atoms with Crippen LogP contribution < -0.4 is 0 Å². The molecule has 0 unspecified atom stereocenters. The fourth-order valence-electron chi connectivity index (χ4n) is 2.75. The summed E-state index contributed by atoms with van der Waals surface area (Å²) in [5.41, 5.74) is -1.20. The smallest absolute Gasteiger partial charge is 0.306 e. The van der Waals surface area contributed by atoms with Crippen LogP contribution in [-0.4, -0.2) is 50.3 Å². The van der Waals surface area contributed by atoms with Crippen molar-refractivity contribution < 1.29 is 38.1 Å². The maximum atomic E-state index is 12.2. The summed E-state index contributed by atoms with van der Waals surface area (Å²) < 4.78 is 21.8. The summed E-state index contributed by atoms with van der Waals surface area (Å²) in [5.74, 6) is -1.30. The first-order chi connectivity index (χ1) is 15.2. The van der Waals surface area contributed by atoms with Crippen molar-refractivity contribution in [2.24, 2.45) is 29.1 Å². The van der Waals surface area contributed by atoms with E-state index in [2.05, 4.69) is 0 Å². The molecule has 33 heavy (non-hydrogen) atoms. The maximum Gasteiger partial charge on any atom is 0.306 e. The van der Waals surface area contributed by atoms with E-state index in [0.717, 1.165) is 0 Å². The molecule has 0 aliphatic rings. The summed E-state index contributed by atoms with van der Waals surface area (Å²) in [7, 11) is 0. The van der Waals surface area contributed by atoms with Crippen molar-refractivity contribution >= 4 is 23.9 Å². The van der Waals surface area contributed by atoms with Crippen LogP contribution >= 0.6 is 0 Å². The first-order valence-electron chi connectivity index (χ1n) is 11.9. The van der Waals surface area contributed by atoms with Crippen LogP contribution in [0.2, 0.25) is 0 Å². The molecule has 0 aromatic rings. The molecule has 0 saturated carbocycles. The molecule has 0 radical (unpaired) electrons. The molecule has 0 aromatic carbocycles. The number of rotatable bonds is 16. The van der Waals surface area contributed by atoms with E-state index in [0.29, 0.717) is 0 Å². The second-order valence-electron chi connectivity index (χ2n) is 10.5. The van der Waals surface area contributed by atoms with Crippen LogP contribution in [0.3, 0.4) is 0 Å². The van der Waals surface area contributed by atoms with Gasteiger partial charge in [0.15, 0.2) is 0 Å². The third-order valence-corrected chi connectivity index (χ3v) is 4.46. The van der Waals surface area contributed by atoms with Crippen molar-refractivity contribution in [2.45, 2.75) is 81.1 Å². The largest absolute Gasteiger partial charge is 0.465 e. The normalized spacial score (nSPS) is 11.8. The number of hydrogen-bond donors (Lipinski definition) is 0.